The van der Waals surface area contributed by atoms with E-state index in [2.05, 4.69) is 30.2 Å². The van der Waals surface area contributed by atoms with Gasteiger partial charge in [0.2, 0.25) is 5.95 Å². The lowest BCUT2D eigenvalue weighted by atomic mass is 10.1. The number of pyridine rings is 1. The summed E-state index contributed by atoms with van der Waals surface area (Å²) in [4.78, 5) is 19.1. The number of methoxy groups -OCH3 is 1. The molecule has 0 unspecified atom stereocenters. The van der Waals surface area contributed by atoms with E-state index in [4.69, 9.17) is 4.74 Å². The number of alkyl halides is 3. The van der Waals surface area contributed by atoms with Gasteiger partial charge in [0.25, 0.3) is 0 Å². The molecule has 4 rings (SSSR count). The second-order valence-corrected chi connectivity index (χ2v) is 6.83. The van der Waals surface area contributed by atoms with Crippen LogP contribution in [0.15, 0.2) is 30.9 Å². The lowest BCUT2D eigenvalue weighted by Gasteiger charge is -2.31. The second-order valence-electron chi connectivity index (χ2n) is 6.83. The molecule has 29 heavy (non-hydrogen) atoms. The van der Waals surface area contributed by atoms with Crippen molar-refractivity contribution in [3.63, 3.8) is 0 Å². The summed E-state index contributed by atoms with van der Waals surface area (Å²) < 4.78 is 44.7. The third kappa shape index (κ3) is 4.56. The predicted molar refractivity (Wildman–Crippen MR) is 101 cm³/mol. The fraction of sp³-hybridized carbons (Fsp3) is 0.444. The first kappa shape index (κ1) is 19.4. The normalized spacial score (nSPS) is 15.8. The minimum Gasteiger partial charge on any atom is -0.381 e. The number of nitrogens with one attached hydrogen (secondary N) is 1. The summed E-state index contributed by atoms with van der Waals surface area (Å²) >= 11 is 0. The van der Waals surface area contributed by atoms with Crippen LogP contribution in [0.5, 0.6) is 0 Å². The molecule has 154 valence electrons. The zero-order valence-corrected chi connectivity index (χ0v) is 15.7. The molecule has 0 spiro atoms. The van der Waals surface area contributed by atoms with Crippen LogP contribution in [0.25, 0.3) is 11.0 Å². The highest BCUT2D eigenvalue weighted by atomic mass is 19.4. The van der Waals surface area contributed by atoms with Crippen molar-refractivity contribution in [3.05, 3.63) is 30.9 Å². The summed E-state index contributed by atoms with van der Waals surface area (Å²) in [5, 5.41) is 3.04. The Kier molecular flexibility index (Phi) is 5.22. The Hall–Kier alpha value is -2.95. The van der Waals surface area contributed by atoms with Gasteiger partial charge in [0.05, 0.1) is 24.1 Å². The van der Waals surface area contributed by atoms with Crippen LogP contribution in [-0.4, -0.2) is 57.0 Å². The third-order valence-corrected chi connectivity index (χ3v) is 4.81. The van der Waals surface area contributed by atoms with E-state index >= 15 is 0 Å². The second kappa shape index (κ2) is 7.82. The summed E-state index contributed by atoms with van der Waals surface area (Å²) in [5.74, 6) is 1.48. The van der Waals surface area contributed by atoms with Gasteiger partial charge in [-0.1, -0.05) is 0 Å². The summed E-state index contributed by atoms with van der Waals surface area (Å²) in [6, 6.07) is 3.21. The highest BCUT2D eigenvalue weighted by molar-refractivity contribution is 5.78. The molecule has 1 aliphatic rings. The maximum atomic E-state index is 12.8. The van der Waals surface area contributed by atoms with Crippen LogP contribution in [0.4, 0.5) is 30.8 Å². The molecule has 0 bridgehead atoms. The molecular weight excluding hydrogens is 387 g/mol. The topological polar surface area (TPSA) is 81.0 Å². The van der Waals surface area contributed by atoms with Gasteiger partial charge in [-0.05, 0) is 18.9 Å². The average Bonchev–Trinajstić information content (AvgIpc) is 3.09. The average molecular weight is 407 g/mol. The van der Waals surface area contributed by atoms with E-state index in [1.807, 2.05) is 0 Å². The molecule has 1 N–H and O–H groups in total. The van der Waals surface area contributed by atoms with E-state index in [1.165, 1.54) is 12.3 Å². The van der Waals surface area contributed by atoms with Gasteiger partial charge in [-0.15, -0.1) is 0 Å². The largest absolute Gasteiger partial charge is 0.406 e. The van der Waals surface area contributed by atoms with E-state index in [0.717, 1.165) is 36.8 Å². The van der Waals surface area contributed by atoms with Gasteiger partial charge < -0.3 is 19.5 Å². The van der Waals surface area contributed by atoms with Crippen LogP contribution in [0.2, 0.25) is 0 Å². The van der Waals surface area contributed by atoms with Crippen LogP contribution in [0.3, 0.4) is 0 Å². The van der Waals surface area contributed by atoms with Crippen molar-refractivity contribution in [3.8, 4) is 0 Å². The van der Waals surface area contributed by atoms with Crippen molar-refractivity contribution in [1.82, 2.24) is 24.5 Å². The molecule has 1 aliphatic heterocycles. The standard InChI is InChI=1S/C18H20F3N7O/c1-29-12-3-6-27(7-4-12)17-22-5-2-15(26-17)25-16-8-14-13(9-23-16)24-11-28(14)10-18(19,20)21/h2,5,8-9,11-12H,3-4,6-7,10H2,1H3,(H,22,23,25,26). The summed E-state index contributed by atoms with van der Waals surface area (Å²) in [5.41, 5.74) is 0.736. The minimum absolute atomic E-state index is 0.255. The number of nitrogens with zero attached hydrogens (tertiary/aromatic N) is 6. The van der Waals surface area contributed by atoms with Crippen molar-refractivity contribution < 1.29 is 17.9 Å². The van der Waals surface area contributed by atoms with Crippen molar-refractivity contribution in [1.29, 1.82) is 0 Å². The third-order valence-electron chi connectivity index (χ3n) is 4.81. The summed E-state index contributed by atoms with van der Waals surface area (Å²) in [6.07, 6.45) is 1.96. The Morgan fingerprint density at radius 2 is 1.97 bits per heavy atom. The van der Waals surface area contributed by atoms with Gasteiger partial charge in [-0.3, -0.25) is 0 Å². The number of fused-ring (bicyclic) bond motifs is 1. The van der Waals surface area contributed by atoms with Gasteiger partial charge in [0, 0.05) is 32.5 Å². The minimum atomic E-state index is -4.33. The van der Waals surface area contributed by atoms with Gasteiger partial charge >= 0.3 is 6.18 Å². The smallest absolute Gasteiger partial charge is 0.381 e. The van der Waals surface area contributed by atoms with Crippen LogP contribution in [-0.2, 0) is 11.3 Å². The first-order valence-electron chi connectivity index (χ1n) is 9.17. The summed E-state index contributed by atoms with van der Waals surface area (Å²) in [6.45, 7) is 0.480. The van der Waals surface area contributed by atoms with E-state index in [-0.39, 0.29) is 6.10 Å². The molecule has 0 radical (unpaired) electrons. The highest BCUT2D eigenvalue weighted by Gasteiger charge is 2.28. The van der Waals surface area contributed by atoms with Crippen LogP contribution in [0, 0.1) is 0 Å². The van der Waals surface area contributed by atoms with E-state index in [1.54, 1.807) is 19.4 Å². The van der Waals surface area contributed by atoms with E-state index in [0.29, 0.717) is 28.6 Å². The molecule has 0 amide bonds. The molecule has 0 aliphatic carbocycles. The Labute approximate surface area is 164 Å². The van der Waals surface area contributed by atoms with Crippen LogP contribution in [0.1, 0.15) is 12.8 Å². The zero-order valence-electron chi connectivity index (χ0n) is 15.7. The number of piperidine rings is 1. The first-order valence-corrected chi connectivity index (χ1v) is 9.17. The van der Waals surface area contributed by atoms with Gasteiger partial charge in [0.1, 0.15) is 23.7 Å². The van der Waals surface area contributed by atoms with Crippen molar-refractivity contribution in [2.75, 3.05) is 30.4 Å². The van der Waals surface area contributed by atoms with Gasteiger partial charge in [-0.2, -0.15) is 18.2 Å². The number of anilines is 3. The monoisotopic (exact) mass is 407 g/mol. The van der Waals surface area contributed by atoms with Crippen LogP contribution < -0.4 is 10.2 Å². The number of hydrogen-bond acceptors (Lipinski definition) is 7. The molecular formula is C18H20F3N7O. The predicted octanol–water partition coefficient (Wildman–Crippen LogP) is 3.14. The van der Waals surface area contributed by atoms with Crippen molar-refractivity contribution in [2.24, 2.45) is 0 Å². The Bertz CT molecular complexity index is 983. The Balaban J connectivity index is 1.52. The molecule has 1 saturated heterocycles. The molecule has 3 aromatic rings. The number of rotatable bonds is 5. The van der Waals surface area contributed by atoms with Gasteiger partial charge in [-0.25, -0.2) is 15.0 Å². The number of ether oxygens (including phenoxy) is 1. The van der Waals surface area contributed by atoms with Crippen LogP contribution >= 0.6 is 0 Å². The Morgan fingerprint density at radius 3 is 2.69 bits per heavy atom. The molecule has 1 fully saturated rings. The number of imidazole rings is 1. The highest BCUT2D eigenvalue weighted by Crippen LogP contribution is 2.24. The lowest BCUT2D eigenvalue weighted by Crippen LogP contribution is -2.37. The molecule has 8 nitrogen and oxygen atoms in total. The number of halogens is 3. The lowest BCUT2D eigenvalue weighted by molar-refractivity contribution is -0.139. The van der Waals surface area contributed by atoms with E-state index < -0.39 is 12.7 Å². The number of hydrogen-bond donors (Lipinski definition) is 1. The fourth-order valence-corrected chi connectivity index (χ4v) is 3.34. The molecule has 4 heterocycles. The maximum absolute atomic E-state index is 12.8. The van der Waals surface area contributed by atoms with Crippen molar-refractivity contribution >= 4 is 28.6 Å². The molecule has 0 saturated carbocycles. The fourth-order valence-electron chi connectivity index (χ4n) is 3.34. The summed E-state index contributed by atoms with van der Waals surface area (Å²) in [7, 11) is 1.71. The first-order chi connectivity index (χ1) is 13.9. The zero-order chi connectivity index (χ0) is 20.4. The molecule has 3 aromatic heterocycles. The number of aromatic nitrogens is 5. The van der Waals surface area contributed by atoms with Gasteiger partial charge in [0.15, 0.2) is 0 Å². The maximum Gasteiger partial charge on any atom is 0.406 e. The molecule has 0 aromatic carbocycles. The van der Waals surface area contributed by atoms with Crippen molar-refractivity contribution in [2.45, 2.75) is 31.7 Å². The molecule has 0 atom stereocenters. The SMILES string of the molecule is COC1CCN(c2nccc(Nc3cc4c(cn3)ncn4CC(F)(F)F)n2)CC1. The van der Waals surface area contributed by atoms with E-state index in [9.17, 15) is 13.2 Å². The molecule has 11 heteroatoms. The Morgan fingerprint density at radius 1 is 1.17 bits per heavy atom. The quantitative estimate of drug-likeness (QED) is 0.696.